The zero-order chi connectivity index (χ0) is 15.5. The second-order valence-electron chi connectivity index (χ2n) is 6.26. The molecule has 0 aromatic carbocycles. The maximum Gasteiger partial charge on any atom is 0.316 e. The summed E-state index contributed by atoms with van der Waals surface area (Å²) in [5.74, 6) is 0. The molecule has 4 heterocycles. The highest BCUT2D eigenvalue weighted by atomic mass is 16.5. The third kappa shape index (κ3) is 3.33. The molecule has 0 saturated carbocycles. The summed E-state index contributed by atoms with van der Waals surface area (Å²) in [5.41, 5.74) is 1.02. The van der Waals surface area contributed by atoms with Gasteiger partial charge in [-0.15, -0.1) is 0 Å². The van der Waals surface area contributed by atoms with E-state index in [1.54, 1.807) is 18.5 Å². The van der Waals surface area contributed by atoms with Crippen LogP contribution in [0.25, 0.3) is 0 Å². The molecule has 23 heavy (non-hydrogen) atoms. The van der Waals surface area contributed by atoms with Crippen LogP contribution in [-0.4, -0.2) is 51.3 Å². The average molecular weight is 312 g/mol. The summed E-state index contributed by atoms with van der Waals surface area (Å²) < 4.78 is 12.0. The maximum atomic E-state index is 6.05. The van der Waals surface area contributed by atoms with Crippen molar-refractivity contribution in [1.29, 1.82) is 0 Å². The van der Waals surface area contributed by atoms with Gasteiger partial charge in [0.15, 0.2) is 0 Å². The van der Waals surface area contributed by atoms with E-state index in [-0.39, 0.29) is 11.7 Å². The molecule has 2 saturated heterocycles. The standard InChI is InChI=1S/C17H20N4O2/c1-2-6-18-14(4-1)11-21-12-17(13-21)10-15(5-9-22-17)23-16-19-7-3-8-20-16/h1-4,6-8,15H,5,9-13H2. The summed E-state index contributed by atoms with van der Waals surface area (Å²) in [4.78, 5) is 15.0. The monoisotopic (exact) mass is 312 g/mol. The van der Waals surface area contributed by atoms with E-state index in [4.69, 9.17) is 9.47 Å². The summed E-state index contributed by atoms with van der Waals surface area (Å²) in [5, 5.41) is 0. The SMILES string of the molecule is c1ccc(CN2CC3(CC(Oc4ncccn4)CCO3)C2)nc1. The molecule has 0 N–H and O–H groups in total. The Morgan fingerprint density at radius 3 is 2.74 bits per heavy atom. The first-order valence-electron chi connectivity index (χ1n) is 8.01. The molecule has 2 aromatic heterocycles. The Balaban J connectivity index is 1.32. The predicted molar refractivity (Wildman–Crippen MR) is 83.9 cm³/mol. The molecule has 1 unspecified atom stereocenters. The quantitative estimate of drug-likeness (QED) is 0.856. The van der Waals surface area contributed by atoms with Gasteiger partial charge in [0, 0.05) is 51.1 Å². The zero-order valence-corrected chi connectivity index (χ0v) is 13.0. The van der Waals surface area contributed by atoms with E-state index in [9.17, 15) is 0 Å². The van der Waals surface area contributed by atoms with Crippen molar-refractivity contribution in [1.82, 2.24) is 19.9 Å². The van der Waals surface area contributed by atoms with Crippen LogP contribution >= 0.6 is 0 Å². The van der Waals surface area contributed by atoms with Gasteiger partial charge in [0.2, 0.25) is 0 Å². The van der Waals surface area contributed by atoms with Gasteiger partial charge < -0.3 is 9.47 Å². The van der Waals surface area contributed by atoms with Crippen LogP contribution in [0.15, 0.2) is 42.9 Å². The fourth-order valence-corrected chi connectivity index (χ4v) is 3.40. The molecular weight excluding hydrogens is 292 g/mol. The van der Waals surface area contributed by atoms with Gasteiger partial charge in [-0.2, -0.15) is 0 Å². The van der Waals surface area contributed by atoms with Crippen LogP contribution in [0.5, 0.6) is 6.01 Å². The fraction of sp³-hybridized carbons (Fsp3) is 0.471. The Labute approximate surface area is 135 Å². The molecule has 6 nitrogen and oxygen atoms in total. The predicted octanol–water partition coefficient (Wildman–Crippen LogP) is 1.68. The lowest BCUT2D eigenvalue weighted by Gasteiger charge is -2.52. The van der Waals surface area contributed by atoms with E-state index < -0.39 is 0 Å². The summed E-state index contributed by atoms with van der Waals surface area (Å²) in [6.45, 7) is 3.46. The Hall–Kier alpha value is -2.05. The molecule has 0 aliphatic carbocycles. The van der Waals surface area contributed by atoms with Crippen molar-refractivity contribution >= 4 is 0 Å². The fourth-order valence-electron chi connectivity index (χ4n) is 3.40. The van der Waals surface area contributed by atoms with E-state index in [1.165, 1.54) is 0 Å². The average Bonchev–Trinajstić information content (AvgIpc) is 2.56. The van der Waals surface area contributed by atoms with E-state index in [0.29, 0.717) is 6.01 Å². The molecule has 1 spiro atoms. The second-order valence-corrected chi connectivity index (χ2v) is 6.26. The molecule has 0 bridgehead atoms. The van der Waals surface area contributed by atoms with Crippen LogP contribution in [-0.2, 0) is 11.3 Å². The summed E-state index contributed by atoms with van der Waals surface area (Å²) >= 11 is 0. The number of hydrogen-bond acceptors (Lipinski definition) is 6. The number of pyridine rings is 1. The van der Waals surface area contributed by atoms with Crippen molar-refractivity contribution < 1.29 is 9.47 Å². The highest BCUT2D eigenvalue weighted by molar-refractivity contribution is 5.08. The maximum absolute atomic E-state index is 6.05. The minimum Gasteiger partial charge on any atom is -0.460 e. The molecule has 2 aliphatic rings. The minimum atomic E-state index is -0.0769. The lowest BCUT2D eigenvalue weighted by atomic mass is 9.84. The molecule has 120 valence electrons. The number of ether oxygens (including phenoxy) is 2. The summed E-state index contributed by atoms with van der Waals surface area (Å²) in [6.07, 6.45) is 7.16. The Morgan fingerprint density at radius 1 is 1.13 bits per heavy atom. The van der Waals surface area contributed by atoms with Crippen molar-refractivity contribution in [3.63, 3.8) is 0 Å². The molecule has 2 aliphatic heterocycles. The molecule has 2 fully saturated rings. The molecule has 6 heteroatoms. The van der Waals surface area contributed by atoms with E-state index in [2.05, 4.69) is 25.9 Å². The van der Waals surface area contributed by atoms with Crippen molar-refractivity contribution in [2.45, 2.75) is 31.1 Å². The topological polar surface area (TPSA) is 60.4 Å². The third-order valence-corrected chi connectivity index (χ3v) is 4.40. The highest BCUT2D eigenvalue weighted by Gasteiger charge is 2.48. The number of nitrogens with zero attached hydrogens (tertiary/aromatic N) is 4. The molecule has 2 aromatic rings. The van der Waals surface area contributed by atoms with Crippen LogP contribution in [0.4, 0.5) is 0 Å². The minimum absolute atomic E-state index is 0.0769. The first-order valence-corrected chi connectivity index (χ1v) is 8.01. The smallest absolute Gasteiger partial charge is 0.316 e. The zero-order valence-electron chi connectivity index (χ0n) is 13.0. The second kappa shape index (κ2) is 6.22. The van der Waals surface area contributed by atoms with Crippen LogP contribution in [0.1, 0.15) is 18.5 Å². The summed E-state index contributed by atoms with van der Waals surface area (Å²) in [6, 6.07) is 8.28. The molecule has 0 amide bonds. The van der Waals surface area contributed by atoms with Gasteiger partial charge in [0.1, 0.15) is 6.10 Å². The van der Waals surface area contributed by atoms with Gasteiger partial charge in [-0.1, -0.05) is 6.07 Å². The van der Waals surface area contributed by atoms with Crippen molar-refractivity contribution in [2.75, 3.05) is 19.7 Å². The van der Waals surface area contributed by atoms with E-state index >= 15 is 0 Å². The van der Waals surface area contributed by atoms with Gasteiger partial charge in [0.25, 0.3) is 0 Å². The first kappa shape index (κ1) is 14.5. The van der Waals surface area contributed by atoms with Gasteiger partial charge in [-0.25, -0.2) is 9.97 Å². The number of aromatic nitrogens is 3. The molecule has 1 atom stereocenters. The van der Waals surface area contributed by atoms with Crippen molar-refractivity contribution in [3.05, 3.63) is 48.5 Å². The number of rotatable bonds is 4. The van der Waals surface area contributed by atoms with Crippen molar-refractivity contribution in [2.24, 2.45) is 0 Å². The molecule has 0 radical (unpaired) electrons. The van der Waals surface area contributed by atoms with Crippen LogP contribution in [0.3, 0.4) is 0 Å². The Kier molecular flexibility index (Phi) is 3.93. The number of likely N-dealkylation sites (tertiary alicyclic amines) is 1. The number of hydrogen-bond donors (Lipinski definition) is 0. The highest BCUT2D eigenvalue weighted by Crippen LogP contribution is 2.35. The first-order chi connectivity index (χ1) is 11.3. The molecular formula is C17H20N4O2. The largest absolute Gasteiger partial charge is 0.460 e. The van der Waals surface area contributed by atoms with Gasteiger partial charge >= 0.3 is 6.01 Å². The van der Waals surface area contributed by atoms with Crippen molar-refractivity contribution in [3.8, 4) is 6.01 Å². The van der Waals surface area contributed by atoms with Crippen LogP contribution in [0.2, 0.25) is 0 Å². The summed E-state index contributed by atoms with van der Waals surface area (Å²) in [7, 11) is 0. The van der Waals surface area contributed by atoms with E-state index in [0.717, 1.165) is 44.8 Å². The van der Waals surface area contributed by atoms with Gasteiger partial charge in [-0.05, 0) is 18.2 Å². The van der Waals surface area contributed by atoms with Crippen LogP contribution < -0.4 is 4.74 Å². The van der Waals surface area contributed by atoms with E-state index in [1.807, 2.05) is 18.3 Å². The third-order valence-electron chi connectivity index (χ3n) is 4.40. The lowest BCUT2D eigenvalue weighted by Crippen LogP contribution is -2.65. The Morgan fingerprint density at radius 2 is 1.96 bits per heavy atom. The van der Waals surface area contributed by atoms with Crippen LogP contribution in [0, 0.1) is 0 Å². The molecule has 4 rings (SSSR count). The normalized spacial score (nSPS) is 23.4. The lowest BCUT2D eigenvalue weighted by molar-refractivity contribution is -0.188. The Bertz CT molecular complexity index is 632. The van der Waals surface area contributed by atoms with Gasteiger partial charge in [0.05, 0.1) is 17.9 Å². The van der Waals surface area contributed by atoms with Gasteiger partial charge in [-0.3, -0.25) is 9.88 Å².